The number of hydrogen-bond donors (Lipinski definition) is 1. The standard InChI is InChI=1S/C25H19ClF3N3O3/c1-34-17-8-6-15(7-9-17)22-13-19(18-4-2-3-5-21(18)32-22)24(33)35-11-10-30-23-20(26)12-16(14-31-23)25(27,28)29/h2-9,12-14H,10-11H2,1H3,(H,30,31). The zero-order chi connectivity index (χ0) is 25.0. The number of rotatable bonds is 7. The smallest absolute Gasteiger partial charge is 0.417 e. The molecular formula is C25H19ClF3N3O3. The Kier molecular flexibility index (Phi) is 7.07. The summed E-state index contributed by atoms with van der Waals surface area (Å²) in [6, 6.07) is 16.9. The van der Waals surface area contributed by atoms with E-state index in [9.17, 15) is 18.0 Å². The number of esters is 1. The second kappa shape index (κ2) is 10.2. The number of para-hydroxylation sites is 1. The number of benzene rings is 2. The number of nitrogens with zero attached hydrogens (tertiary/aromatic N) is 2. The molecule has 2 aromatic carbocycles. The van der Waals surface area contributed by atoms with Gasteiger partial charge in [0.2, 0.25) is 0 Å². The van der Waals surface area contributed by atoms with E-state index in [1.54, 1.807) is 43.5 Å². The van der Waals surface area contributed by atoms with E-state index >= 15 is 0 Å². The van der Waals surface area contributed by atoms with Gasteiger partial charge in [-0.25, -0.2) is 14.8 Å². The molecule has 0 bridgehead atoms. The fourth-order valence-electron chi connectivity index (χ4n) is 3.37. The Labute approximate surface area is 203 Å². The highest BCUT2D eigenvalue weighted by atomic mass is 35.5. The number of fused-ring (bicyclic) bond motifs is 1. The van der Waals surface area contributed by atoms with Crippen molar-refractivity contribution < 1.29 is 27.4 Å². The summed E-state index contributed by atoms with van der Waals surface area (Å²) in [7, 11) is 1.58. The molecule has 0 saturated heterocycles. The number of carbonyl (C=O) groups excluding carboxylic acids is 1. The molecule has 0 aliphatic heterocycles. The van der Waals surface area contributed by atoms with Gasteiger partial charge in [-0.05, 0) is 42.5 Å². The van der Waals surface area contributed by atoms with E-state index in [-0.39, 0.29) is 24.0 Å². The minimum absolute atomic E-state index is 0.0619. The first kappa shape index (κ1) is 24.3. The van der Waals surface area contributed by atoms with Crippen LogP contribution in [0.25, 0.3) is 22.2 Å². The molecule has 0 atom stereocenters. The van der Waals surface area contributed by atoms with Crippen LogP contribution in [0.15, 0.2) is 66.9 Å². The molecule has 0 amide bonds. The average Bonchev–Trinajstić information content (AvgIpc) is 2.86. The van der Waals surface area contributed by atoms with E-state index in [0.29, 0.717) is 34.1 Å². The number of pyridine rings is 2. The first-order chi connectivity index (χ1) is 16.8. The fourth-order valence-corrected chi connectivity index (χ4v) is 3.60. The zero-order valence-corrected chi connectivity index (χ0v) is 19.2. The lowest BCUT2D eigenvalue weighted by molar-refractivity contribution is -0.137. The molecule has 1 N–H and O–H groups in total. The van der Waals surface area contributed by atoms with Crippen LogP contribution in [0, 0.1) is 0 Å². The molecule has 2 aromatic heterocycles. The maximum Gasteiger partial charge on any atom is 0.417 e. The first-order valence-corrected chi connectivity index (χ1v) is 10.8. The van der Waals surface area contributed by atoms with Gasteiger partial charge in [-0.3, -0.25) is 0 Å². The summed E-state index contributed by atoms with van der Waals surface area (Å²) in [5.74, 6) is 0.197. The lowest BCUT2D eigenvalue weighted by atomic mass is 10.0. The molecule has 0 spiro atoms. The van der Waals surface area contributed by atoms with E-state index in [0.717, 1.165) is 11.6 Å². The fraction of sp³-hybridized carbons (Fsp3) is 0.160. The molecule has 0 saturated carbocycles. The van der Waals surface area contributed by atoms with Crippen molar-refractivity contribution in [2.75, 3.05) is 25.6 Å². The van der Waals surface area contributed by atoms with Gasteiger partial charge in [0.05, 0.1) is 41.0 Å². The summed E-state index contributed by atoms with van der Waals surface area (Å²) in [5, 5.41) is 3.22. The second-order valence-corrected chi connectivity index (χ2v) is 7.82. The van der Waals surface area contributed by atoms with Gasteiger partial charge >= 0.3 is 12.1 Å². The zero-order valence-electron chi connectivity index (χ0n) is 18.4. The number of methoxy groups -OCH3 is 1. The summed E-state index contributed by atoms with van der Waals surface area (Å²) >= 11 is 5.89. The number of nitrogens with one attached hydrogen (secondary N) is 1. The highest BCUT2D eigenvalue weighted by Gasteiger charge is 2.31. The predicted molar refractivity (Wildman–Crippen MR) is 127 cm³/mol. The van der Waals surface area contributed by atoms with Crippen LogP contribution in [0.2, 0.25) is 5.02 Å². The topological polar surface area (TPSA) is 73.3 Å². The molecule has 2 heterocycles. The van der Waals surface area contributed by atoms with E-state index in [4.69, 9.17) is 21.1 Å². The molecule has 0 unspecified atom stereocenters. The number of alkyl halides is 3. The van der Waals surface area contributed by atoms with Gasteiger partial charge in [0.1, 0.15) is 18.2 Å². The van der Waals surface area contributed by atoms with Crippen molar-refractivity contribution in [1.29, 1.82) is 0 Å². The monoisotopic (exact) mass is 501 g/mol. The lowest BCUT2D eigenvalue weighted by Gasteiger charge is -2.12. The summed E-state index contributed by atoms with van der Waals surface area (Å²) in [6.07, 6.45) is -3.85. The summed E-state index contributed by atoms with van der Waals surface area (Å²) in [5.41, 5.74) is 1.42. The van der Waals surface area contributed by atoms with Crippen LogP contribution in [-0.4, -0.2) is 36.2 Å². The molecule has 0 radical (unpaired) electrons. The third-order valence-electron chi connectivity index (χ3n) is 5.12. The summed E-state index contributed by atoms with van der Waals surface area (Å²) < 4.78 is 48.8. The van der Waals surface area contributed by atoms with Gasteiger partial charge in [0.15, 0.2) is 0 Å². The van der Waals surface area contributed by atoms with Gasteiger partial charge in [-0.15, -0.1) is 0 Å². The molecule has 4 rings (SSSR count). The molecule has 0 aliphatic carbocycles. The average molecular weight is 502 g/mol. The van der Waals surface area contributed by atoms with E-state index in [1.807, 2.05) is 18.2 Å². The van der Waals surface area contributed by atoms with Crippen LogP contribution < -0.4 is 10.1 Å². The predicted octanol–water partition coefficient (Wildman–Crippen LogP) is 6.25. The quantitative estimate of drug-likeness (QED) is 0.238. The maximum atomic E-state index is 12.9. The molecule has 4 aromatic rings. The van der Waals surface area contributed by atoms with Gasteiger partial charge in [-0.2, -0.15) is 13.2 Å². The summed E-state index contributed by atoms with van der Waals surface area (Å²) in [6.45, 7) is 0.0323. The largest absolute Gasteiger partial charge is 0.497 e. The Balaban J connectivity index is 1.47. The van der Waals surface area contributed by atoms with Crippen LogP contribution in [0.3, 0.4) is 0 Å². The van der Waals surface area contributed by atoms with E-state index in [1.165, 1.54) is 0 Å². The van der Waals surface area contributed by atoms with Crippen molar-refractivity contribution in [3.8, 4) is 17.0 Å². The van der Waals surface area contributed by atoms with Crippen molar-refractivity contribution in [3.63, 3.8) is 0 Å². The SMILES string of the molecule is COc1ccc(-c2cc(C(=O)OCCNc3ncc(C(F)(F)F)cc3Cl)c3ccccc3n2)cc1. The van der Waals surface area contributed by atoms with Crippen LogP contribution >= 0.6 is 11.6 Å². The van der Waals surface area contributed by atoms with Crippen LogP contribution in [0.1, 0.15) is 15.9 Å². The highest BCUT2D eigenvalue weighted by Crippen LogP contribution is 2.32. The lowest BCUT2D eigenvalue weighted by Crippen LogP contribution is -2.15. The first-order valence-electron chi connectivity index (χ1n) is 10.4. The number of aromatic nitrogens is 2. The third-order valence-corrected chi connectivity index (χ3v) is 5.41. The molecular weight excluding hydrogens is 483 g/mol. The number of hydrogen-bond acceptors (Lipinski definition) is 6. The number of halogens is 4. The van der Waals surface area contributed by atoms with Crippen molar-refractivity contribution in [3.05, 3.63) is 83.0 Å². The summed E-state index contributed by atoms with van der Waals surface area (Å²) in [4.78, 5) is 21.3. The minimum Gasteiger partial charge on any atom is -0.497 e. The van der Waals surface area contributed by atoms with Gasteiger partial charge in [0, 0.05) is 17.1 Å². The number of ether oxygens (including phenoxy) is 2. The van der Waals surface area contributed by atoms with Crippen LogP contribution in [0.5, 0.6) is 5.75 Å². The molecule has 0 fully saturated rings. The molecule has 180 valence electrons. The van der Waals surface area contributed by atoms with E-state index < -0.39 is 17.7 Å². The minimum atomic E-state index is -4.54. The van der Waals surface area contributed by atoms with Crippen LogP contribution in [-0.2, 0) is 10.9 Å². The van der Waals surface area contributed by atoms with Crippen molar-refractivity contribution >= 4 is 34.3 Å². The van der Waals surface area contributed by atoms with Gasteiger partial charge in [-0.1, -0.05) is 29.8 Å². The van der Waals surface area contributed by atoms with Gasteiger partial charge < -0.3 is 14.8 Å². The second-order valence-electron chi connectivity index (χ2n) is 7.42. The Morgan fingerprint density at radius 2 is 1.83 bits per heavy atom. The van der Waals surface area contributed by atoms with Crippen LogP contribution in [0.4, 0.5) is 19.0 Å². The Morgan fingerprint density at radius 3 is 2.51 bits per heavy atom. The highest BCUT2D eigenvalue weighted by molar-refractivity contribution is 6.33. The van der Waals surface area contributed by atoms with Crippen molar-refractivity contribution in [2.45, 2.75) is 6.18 Å². The van der Waals surface area contributed by atoms with Crippen molar-refractivity contribution in [1.82, 2.24) is 9.97 Å². The number of carbonyl (C=O) groups is 1. The van der Waals surface area contributed by atoms with E-state index in [2.05, 4.69) is 15.3 Å². The molecule has 35 heavy (non-hydrogen) atoms. The number of anilines is 1. The maximum absolute atomic E-state index is 12.9. The molecule has 10 heteroatoms. The Morgan fingerprint density at radius 1 is 1.09 bits per heavy atom. The third kappa shape index (κ3) is 5.63. The van der Waals surface area contributed by atoms with Gasteiger partial charge in [0.25, 0.3) is 0 Å². The van der Waals surface area contributed by atoms with Crippen molar-refractivity contribution in [2.24, 2.45) is 0 Å². The normalized spacial score (nSPS) is 11.3. The molecule has 6 nitrogen and oxygen atoms in total. The Bertz CT molecular complexity index is 1360. The molecule has 0 aliphatic rings. The Hall–Kier alpha value is -3.85.